The fourth-order valence-corrected chi connectivity index (χ4v) is 1.80. The van der Waals surface area contributed by atoms with Crippen LogP contribution in [-0.4, -0.2) is 18.3 Å². The van der Waals surface area contributed by atoms with Gasteiger partial charge in [0.1, 0.15) is 5.76 Å². The van der Waals surface area contributed by atoms with Gasteiger partial charge in [-0.1, -0.05) is 24.3 Å². The van der Waals surface area contributed by atoms with Crippen molar-refractivity contribution in [2.24, 2.45) is 0 Å². The van der Waals surface area contributed by atoms with Gasteiger partial charge in [-0.3, -0.25) is 4.79 Å². The summed E-state index contributed by atoms with van der Waals surface area (Å²) in [6.45, 7) is 2.44. The van der Waals surface area contributed by atoms with E-state index in [1.807, 2.05) is 31.2 Å². The Labute approximate surface area is 111 Å². The number of halogens is 1. The first-order chi connectivity index (χ1) is 8.72. The first-order valence-electron chi connectivity index (χ1n) is 5.72. The van der Waals surface area contributed by atoms with E-state index in [0.29, 0.717) is 23.9 Å². The zero-order valence-corrected chi connectivity index (χ0v) is 10.8. The first-order valence-corrected chi connectivity index (χ1v) is 6.26. The van der Waals surface area contributed by atoms with Crippen molar-refractivity contribution in [2.75, 3.05) is 12.4 Å². The van der Waals surface area contributed by atoms with Crippen molar-refractivity contribution in [3.8, 4) is 11.3 Å². The molecule has 0 unspecified atom stereocenters. The van der Waals surface area contributed by atoms with Crippen molar-refractivity contribution in [3.05, 3.63) is 47.7 Å². The fraction of sp³-hybridized carbons (Fsp3) is 0.214. The number of hydrogen-bond acceptors (Lipinski definition) is 2. The molecule has 94 valence electrons. The molecule has 0 bridgehead atoms. The lowest BCUT2D eigenvalue weighted by Crippen LogP contribution is -2.24. The normalized spacial score (nSPS) is 10.3. The molecule has 0 fully saturated rings. The van der Waals surface area contributed by atoms with Crippen LogP contribution in [0.2, 0.25) is 0 Å². The highest BCUT2D eigenvalue weighted by atomic mass is 35.5. The van der Waals surface area contributed by atoms with Crippen molar-refractivity contribution >= 4 is 17.5 Å². The molecule has 0 aliphatic carbocycles. The van der Waals surface area contributed by atoms with Gasteiger partial charge in [0.2, 0.25) is 0 Å². The lowest BCUT2D eigenvalue weighted by molar-refractivity contribution is 0.0929. The monoisotopic (exact) mass is 263 g/mol. The van der Waals surface area contributed by atoms with E-state index >= 15 is 0 Å². The van der Waals surface area contributed by atoms with Gasteiger partial charge in [-0.25, -0.2) is 0 Å². The van der Waals surface area contributed by atoms with E-state index in [0.717, 1.165) is 11.1 Å². The van der Waals surface area contributed by atoms with Gasteiger partial charge in [-0.15, -0.1) is 11.6 Å². The number of hydrogen-bond donors (Lipinski definition) is 1. The van der Waals surface area contributed by atoms with Crippen molar-refractivity contribution < 1.29 is 9.21 Å². The molecule has 0 aliphatic rings. The lowest BCUT2D eigenvalue weighted by atomic mass is 10.1. The molecule has 1 aromatic heterocycles. The number of aryl methyl sites for hydroxylation is 1. The van der Waals surface area contributed by atoms with E-state index in [-0.39, 0.29) is 5.91 Å². The minimum Gasteiger partial charge on any atom is -0.451 e. The smallest absolute Gasteiger partial charge is 0.287 e. The maximum absolute atomic E-state index is 11.7. The number of rotatable bonds is 4. The van der Waals surface area contributed by atoms with Crippen LogP contribution in [0.25, 0.3) is 11.3 Å². The van der Waals surface area contributed by atoms with Gasteiger partial charge >= 0.3 is 0 Å². The van der Waals surface area contributed by atoms with E-state index < -0.39 is 0 Å². The van der Waals surface area contributed by atoms with Gasteiger partial charge in [0.25, 0.3) is 5.91 Å². The van der Waals surface area contributed by atoms with Crippen molar-refractivity contribution in [3.63, 3.8) is 0 Å². The predicted octanol–water partition coefficient (Wildman–Crippen LogP) is 3.22. The Morgan fingerprint density at radius 1 is 1.28 bits per heavy atom. The molecule has 0 saturated heterocycles. The molecule has 4 heteroatoms. The van der Waals surface area contributed by atoms with Gasteiger partial charge in [-0.05, 0) is 24.6 Å². The molecule has 1 aromatic carbocycles. The van der Waals surface area contributed by atoms with Crippen LogP contribution in [0, 0.1) is 6.92 Å². The number of alkyl halides is 1. The number of carbonyl (C=O) groups excluding carboxylic acids is 1. The quantitative estimate of drug-likeness (QED) is 0.861. The molecule has 0 saturated carbocycles. The third-order valence-electron chi connectivity index (χ3n) is 2.62. The molecule has 0 atom stereocenters. The van der Waals surface area contributed by atoms with Gasteiger partial charge in [0.15, 0.2) is 5.76 Å². The van der Waals surface area contributed by atoms with Crippen LogP contribution in [0.3, 0.4) is 0 Å². The van der Waals surface area contributed by atoms with E-state index in [2.05, 4.69) is 5.32 Å². The molecule has 3 nitrogen and oxygen atoms in total. The number of amides is 1. The third kappa shape index (κ3) is 2.74. The molecule has 0 radical (unpaired) electrons. The van der Waals surface area contributed by atoms with E-state index in [1.54, 1.807) is 12.1 Å². The van der Waals surface area contributed by atoms with Gasteiger partial charge < -0.3 is 9.73 Å². The number of furan rings is 1. The molecular weight excluding hydrogens is 250 g/mol. The highest BCUT2D eigenvalue weighted by molar-refractivity contribution is 6.18. The average Bonchev–Trinajstić information content (AvgIpc) is 2.86. The molecule has 1 heterocycles. The summed E-state index contributed by atoms with van der Waals surface area (Å²) >= 11 is 5.51. The molecular formula is C14H14ClNO2. The van der Waals surface area contributed by atoms with Crippen molar-refractivity contribution in [1.82, 2.24) is 5.32 Å². The van der Waals surface area contributed by atoms with Crippen LogP contribution in [-0.2, 0) is 0 Å². The summed E-state index contributed by atoms with van der Waals surface area (Å²) in [4.78, 5) is 11.7. The van der Waals surface area contributed by atoms with Crippen LogP contribution in [0.1, 0.15) is 16.1 Å². The molecule has 1 amide bonds. The Bertz CT molecular complexity index is 548. The summed E-state index contributed by atoms with van der Waals surface area (Å²) in [5.41, 5.74) is 2.11. The minimum atomic E-state index is -0.240. The largest absolute Gasteiger partial charge is 0.451 e. The second-order valence-electron chi connectivity index (χ2n) is 3.92. The zero-order chi connectivity index (χ0) is 13.0. The van der Waals surface area contributed by atoms with Crippen LogP contribution in [0.4, 0.5) is 0 Å². The third-order valence-corrected chi connectivity index (χ3v) is 2.81. The minimum absolute atomic E-state index is 0.240. The molecule has 18 heavy (non-hydrogen) atoms. The summed E-state index contributed by atoms with van der Waals surface area (Å²) in [6.07, 6.45) is 0. The Morgan fingerprint density at radius 3 is 2.78 bits per heavy atom. The summed E-state index contributed by atoms with van der Waals surface area (Å²) in [6, 6.07) is 11.4. The van der Waals surface area contributed by atoms with E-state index in [9.17, 15) is 4.79 Å². The summed E-state index contributed by atoms with van der Waals surface area (Å²) in [5.74, 6) is 1.15. The standard InChI is InChI=1S/C14H14ClNO2/c1-10-4-2-3-5-11(10)12-6-7-13(18-12)14(17)16-9-8-15/h2-7H,8-9H2,1H3,(H,16,17). The Hall–Kier alpha value is -1.74. The SMILES string of the molecule is Cc1ccccc1-c1ccc(C(=O)NCCCl)o1. The topological polar surface area (TPSA) is 42.2 Å². The Balaban J connectivity index is 2.21. The van der Waals surface area contributed by atoms with Gasteiger partial charge in [0, 0.05) is 18.0 Å². The number of carbonyl (C=O) groups is 1. The highest BCUT2D eigenvalue weighted by Crippen LogP contribution is 2.25. The average molecular weight is 264 g/mol. The maximum Gasteiger partial charge on any atom is 0.287 e. The summed E-state index contributed by atoms with van der Waals surface area (Å²) in [5, 5.41) is 2.66. The second-order valence-corrected chi connectivity index (χ2v) is 4.30. The summed E-state index contributed by atoms with van der Waals surface area (Å²) < 4.78 is 5.55. The van der Waals surface area contributed by atoms with Crippen LogP contribution < -0.4 is 5.32 Å². The summed E-state index contributed by atoms with van der Waals surface area (Å²) in [7, 11) is 0. The van der Waals surface area contributed by atoms with Crippen LogP contribution in [0.15, 0.2) is 40.8 Å². The van der Waals surface area contributed by atoms with E-state index in [1.165, 1.54) is 0 Å². The number of nitrogens with one attached hydrogen (secondary N) is 1. The molecule has 2 rings (SSSR count). The highest BCUT2D eigenvalue weighted by Gasteiger charge is 2.12. The van der Waals surface area contributed by atoms with Crippen molar-refractivity contribution in [1.29, 1.82) is 0 Å². The van der Waals surface area contributed by atoms with Crippen LogP contribution in [0.5, 0.6) is 0 Å². The maximum atomic E-state index is 11.7. The molecule has 2 aromatic rings. The van der Waals surface area contributed by atoms with Crippen LogP contribution >= 0.6 is 11.6 Å². The predicted molar refractivity (Wildman–Crippen MR) is 71.9 cm³/mol. The molecule has 0 aliphatic heterocycles. The van der Waals surface area contributed by atoms with Crippen molar-refractivity contribution in [2.45, 2.75) is 6.92 Å². The lowest BCUT2D eigenvalue weighted by Gasteiger charge is -2.02. The zero-order valence-electron chi connectivity index (χ0n) is 10.1. The number of benzene rings is 1. The molecule has 1 N–H and O–H groups in total. The Kier molecular flexibility index (Phi) is 4.05. The van der Waals surface area contributed by atoms with E-state index in [4.69, 9.17) is 16.0 Å². The van der Waals surface area contributed by atoms with Gasteiger partial charge in [0.05, 0.1) is 0 Å². The Morgan fingerprint density at radius 2 is 2.06 bits per heavy atom. The molecule has 0 spiro atoms. The van der Waals surface area contributed by atoms with Gasteiger partial charge in [-0.2, -0.15) is 0 Å². The fourth-order valence-electron chi connectivity index (χ4n) is 1.70. The second kappa shape index (κ2) is 5.74. The first kappa shape index (κ1) is 12.7.